The highest BCUT2D eigenvalue weighted by molar-refractivity contribution is 8.26. The maximum atomic E-state index is 13.5. The van der Waals surface area contributed by atoms with Crippen LogP contribution in [0.2, 0.25) is 0 Å². The predicted molar refractivity (Wildman–Crippen MR) is 142 cm³/mol. The lowest BCUT2D eigenvalue weighted by Crippen LogP contribution is -2.29. The van der Waals surface area contributed by atoms with Crippen LogP contribution in [0.3, 0.4) is 0 Å². The largest absolute Gasteiger partial charge is 0.367 e. The van der Waals surface area contributed by atoms with Crippen LogP contribution in [0.5, 0.6) is 0 Å². The van der Waals surface area contributed by atoms with Crippen LogP contribution < -0.4 is 10.9 Å². The Labute approximate surface area is 208 Å². The summed E-state index contributed by atoms with van der Waals surface area (Å²) in [7, 11) is 0. The molecule has 6 nitrogen and oxygen atoms in total. The second-order valence-electron chi connectivity index (χ2n) is 8.96. The molecule has 34 heavy (non-hydrogen) atoms. The number of amides is 1. The number of rotatable bonds is 5. The van der Waals surface area contributed by atoms with Crippen molar-refractivity contribution >= 4 is 51.7 Å². The summed E-state index contributed by atoms with van der Waals surface area (Å²) in [5.74, 6) is 1.07. The molecule has 1 aliphatic carbocycles. The van der Waals surface area contributed by atoms with Gasteiger partial charge in [0.15, 0.2) is 0 Å². The van der Waals surface area contributed by atoms with Crippen LogP contribution in [0.15, 0.2) is 64.4 Å². The van der Waals surface area contributed by atoms with Crippen molar-refractivity contribution < 1.29 is 4.79 Å². The number of thioether (sulfide) groups is 1. The SMILES string of the molecule is CC1CCC(Nc2nc3ccccn3c(=O)c2/C=C2/SC(=S)N(Cc3ccccc3)C2=O)CC1. The fourth-order valence-electron chi connectivity index (χ4n) is 4.47. The van der Waals surface area contributed by atoms with Crippen LogP contribution >= 0.6 is 24.0 Å². The zero-order valence-electron chi connectivity index (χ0n) is 18.9. The second-order valence-corrected chi connectivity index (χ2v) is 10.6. The highest BCUT2D eigenvalue weighted by Gasteiger charge is 2.33. The molecule has 1 aliphatic heterocycles. The van der Waals surface area contributed by atoms with E-state index in [4.69, 9.17) is 17.2 Å². The number of benzene rings is 1. The minimum absolute atomic E-state index is 0.186. The van der Waals surface area contributed by atoms with Gasteiger partial charge in [0.1, 0.15) is 15.8 Å². The Kier molecular flexibility index (Phi) is 6.52. The van der Waals surface area contributed by atoms with Gasteiger partial charge in [-0.3, -0.25) is 18.9 Å². The summed E-state index contributed by atoms with van der Waals surface area (Å²) in [6.45, 7) is 2.68. The molecule has 2 aliphatic rings. The van der Waals surface area contributed by atoms with E-state index >= 15 is 0 Å². The second kappa shape index (κ2) is 9.72. The van der Waals surface area contributed by atoms with Crippen LogP contribution in [0.1, 0.15) is 43.7 Å². The smallest absolute Gasteiger partial charge is 0.267 e. The quantitative estimate of drug-likeness (QED) is 0.397. The van der Waals surface area contributed by atoms with E-state index in [1.807, 2.05) is 42.5 Å². The Balaban J connectivity index is 1.50. The van der Waals surface area contributed by atoms with Crippen molar-refractivity contribution in [2.75, 3.05) is 5.32 Å². The Morgan fingerprint density at radius 2 is 1.82 bits per heavy atom. The fraction of sp³-hybridized carbons (Fsp3) is 0.308. The molecule has 1 saturated heterocycles. The standard InChI is InChI=1S/C26H26N4O2S2/c1-17-10-12-19(13-11-17)27-23-20(24(31)29-14-6-5-9-22(29)28-23)15-21-25(32)30(26(33)34-21)16-18-7-3-2-4-8-18/h2-9,14-15,17,19,27H,10-13,16H2,1H3/b21-15+. The van der Waals surface area contributed by atoms with Crippen molar-refractivity contribution in [3.63, 3.8) is 0 Å². The van der Waals surface area contributed by atoms with E-state index < -0.39 is 0 Å². The minimum atomic E-state index is -0.203. The molecular formula is C26H26N4O2S2. The minimum Gasteiger partial charge on any atom is -0.367 e. The van der Waals surface area contributed by atoms with Gasteiger partial charge < -0.3 is 5.32 Å². The topological polar surface area (TPSA) is 66.7 Å². The lowest BCUT2D eigenvalue weighted by molar-refractivity contribution is -0.122. The summed E-state index contributed by atoms with van der Waals surface area (Å²) < 4.78 is 2.01. The summed E-state index contributed by atoms with van der Waals surface area (Å²) in [4.78, 5) is 33.5. The molecule has 2 aromatic heterocycles. The average Bonchev–Trinajstić information content (AvgIpc) is 3.11. The van der Waals surface area contributed by atoms with E-state index in [0.29, 0.717) is 32.8 Å². The van der Waals surface area contributed by atoms with Crippen molar-refractivity contribution in [1.29, 1.82) is 0 Å². The Morgan fingerprint density at radius 1 is 1.09 bits per heavy atom. The van der Waals surface area contributed by atoms with Gasteiger partial charge in [0.25, 0.3) is 11.5 Å². The van der Waals surface area contributed by atoms with E-state index in [1.54, 1.807) is 23.2 Å². The molecule has 0 unspecified atom stereocenters. The van der Waals surface area contributed by atoms with Crippen LogP contribution in [-0.4, -0.2) is 30.6 Å². The van der Waals surface area contributed by atoms with Crippen molar-refractivity contribution in [1.82, 2.24) is 14.3 Å². The molecule has 0 spiro atoms. The molecule has 1 saturated carbocycles. The summed E-state index contributed by atoms with van der Waals surface area (Å²) in [6, 6.07) is 15.5. The number of nitrogens with one attached hydrogen (secondary N) is 1. The summed E-state index contributed by atoms with van der Waals surface area (Å²) in [5.41, 5.74) is 1.77. The number of hydrogen-bond acceptors (Lipinski definition) is 6. The Bertz CT molecular complexity index is 1330. The van der Waals surface area contributed by atoms with E-state index in [-0.39, 0.29) is 17.5 Å². The lowest BCUT2D eigenvalue weighted by atomic mass is 9.87. The number of pyridine rings is 1. The molecule has 0 radical (unpaired) electrons. The van der Waals surface area contributed by atoms with Crippen molar-refractivity contribution in [2.24, 2.45) is 5.92 Å². The third-order valence-corrected chi connectivity index (χ3v) is 7.84. The van der Waals surface area contributed by atoms with Gasteiger partial charge in [0, 0.05) is 12.2 Å². The van der Waals surface area contributed by atoms with Gasteiger partial charge in [-0.1, -0.05) is 67.3 Å². The third kappa shape index (κ3) is 4.65. The summed E-state index contributed by atoms with van der Waals surface area (Å²) in [6.07, 6.45) is 7.74. The zero-order valence-corrected chi connectivity index (χ0v) is 20.6. The number of thiocarbonyl (C=S) groups is 1. The number of nitrogens with zero attached hydrogens (tertiary/aromatic N) is 3. The van der Waals surface area contributed by atoms with Gasteiger partial charge in [-0.05, 0) is 55.4 Å². The van der Waals surface area contributed by atoms with Crippen molar-refractivity contribution in [3.8, 4) is 0 Å². The monoisotopic (exact) mass is 490 g/mol. The number of anilines is 1. The van der Waals surface area contributed by atoms with E-state index in [1.165, 1.54) is 16.2 Å². The van der Waals surface area contributed by atoms with Crippen LogP contribution in [0, 0.1) is 5.92 Å². The van der Waals surface area contributed by atoms with E-state index in [2.05, 4.69) is 12.2 Å². The first kappa shape index (κ1) is 22.8. The number of carbonyl (C=O) groups excluding carboxylic acids is 1. The number of fused-ring (bicyclic) bond motifs is 1. The highest BCUT2D eigenvalue weighted by Crippen LogP contribution is 2.34. The third-order valence-electron chi connectivity index (χ3n) is 6.46. The van der Waals surface area contributed by atoms with Gasteiger partial charge in [0.05, 0.1) is 17.0 Å². The van der Waals surface area contributed by atoms with Gasteiger partial charge in [-0.25, -0.2) is 4.98 Å². The molecule has 5 rings (SSSR count). The first-order valence-corrected chi connectivity index (χ1v) is 12.8. The molecule has 1 amide bonds. The molecule has 174 valence electrons. The van der Waals surface area contributed by atoms with Crippen LogP contribution in [-0.2, 0) is 11.3 Å². The van der Waals surface area contributed by atoms with Crippen molar-refractivity contribution in [2.45, 2.75) is 45.2 Å². The molecule has 8 heteroatoms. The molecule has 3 aromatic rings. The molecule has 1 aromatic carbocycles. The number of aromatic nitrogens is 2. The van der Waals surface area contributed by atoms with Crippen LogP contribution in [0.25, 0.3) is 11.7 Å². The summed E-state index contributed by atoms with van der Waals surface area (Å²) >= 11 is 6.74. The molecular weight excluding hydrogens is 464 g/mol. The van der Waals surface area contributed by atoms with Crippen molar-refractivity contribution in [3.05, 3.63) is 81.1 Å². The predicted octanol–water partition coefficient (Wildman–Crippen LogP) is 5.09. The average molecular weight is 491 g/mol. The number of hydrogen-bond donors (Lipinski definition) is 1. The fourth-order valence-corrected chi connectivity index (χ4v) is 5.71. The normalized spacial score (nSPS) is 22.0. The zero-order chi connectivity index (χ0) is 23.7. The first-order chi connectivity index (χ1) is 16.5. The Morgan fingerprint density at radius 3 is 2.59 bits per heavy atom. The molecule has 2 fully saturated rings. The summed E-state index contributed by atoms with van der Waals surface area (Å²) in [5, 5.41) is 3.52. The molecule has 1 N–H and O–H groups in total. The highest BCUT2D eigenvalue weighted by atomic mass is 32.2. The van der Waals surface area contributed by atoms with E-state index in [9.17, 15) is 9.59 Å². The van der Waals surface area contributed by atoms with E-state index in [0.717, 1.165) is 37.2 Å². The first-order valence-electron chi connectivity index (χ1n) is 11.6. The van der Waals surface area contributed by atoms with Gasteiger partial charge in [-0.15, -0.1) is 0 Å². The Hall–Kier alpha value is -2.97. The van der Waals surface area contributed by atoms with Gasteiger partial charge in [0.2, 0.25) is 0 Å². The number of carbonyl (C=O) groups is 1. The maximum absolute atomic E-state index is 13.5. The van der Waals surface area contributed by atoms with Gasteiger partial charge in [-0.2, -0.15) is 0 Å². The van der Waals surface area contributed by atoms with Gasteiger partial charge >= 0.3 is 0 Å². The molecule has 0 bridgehead atoms. The molecule has 0 atom stereocenters. The molecule has 3 heterocycles. The lowest BCUT2D eigenvalue weighted by Gasteiger charge is -2.27. The maximum Gasteiger partial charge on any atom is 0.267 e. The van der Waals surface area contributed by atoms with Crippen LogP contribution in [0.4, 0.5) is 5.82 Å².